The highest BCUT2D eigenvalue weighted by atomic mass is 127. The predicted molar refractivity (Wildman–Crippen MR) is 70.4 cm³/mol. The first-order valence-corrected chi connectivity index (χ1v) is 6.58. The number of nitrogens with zero attached hydrogens (tertiary/aromatic N) is 3. The van der Waals surface area contributed by atoms with Gasteiger partial charge in [0.1, 0.15) is 12.1 Å². The molecule has 1 aliphatic rings. The van der Waals surface area contributed by atoms with E-state index in [1.807, 2.05) is 6.20 Å². The Morgan fingerprint density at radius 3 is 3.00 bits per heavy atom. The molecule has 0 bridgehead atoms. The summed E-state index contributed by atoms with van der Waals surface area (Å²) in [6, 6.07) is 0. The standard InChI is InChI=1S/C10H13ClIN3/c1-2-7-4-15(5-8(7)11)10-9(12)3-13-6-14-10/h3,6-8H,2,4-5H2,1H3. The molecule has 2 rings (SSSR count). The van der Waals surface area contributed by atoms with E-state index in [0.717, 1.165) is 28.9 Å². The highest BCUT2D eigenvalue weighted by molar-refractivity contribution is 14.1. The molecule has 2 heterocycles. The van der Waals surface area contributed by atoms with Gasteiger partial charge in [-0.05, 0) is 28.5 Å². The molecule has 0 radical (unpaired) electrons. The van der Waals surface area contributed by atoms with Gasteiger partial charge in [-0.1, -0.05) is 13.3 Å². The lowest BCUT2D eigenvalue weighted by Crippen LogP contribution is -2.22. The second-order valence-corrected chi connectivity index (χ2v) is 5.51. The third-order valence-electron chi connectivity index (χ3n) is 2.83. The zero-order valence-corrected chi connectivity index (χ0v) is 11.4. The molecule has 1 aromatic rings. The maximum Gasteiger partial charge on any atom is 0.145 e. The molecule has 0 saturated carbocycles. The van der Waals surface area contributed by atoms with Crippen molar-refractivity contribution in [1.82, 2.24) is 9.97 Å². The molecule has 3 nitrogen and oxygen atoms in total. The monoisotopic (exact) mass is 337 g/mol. The average Bonchev–Trinajstić information content (AvgIpc) is 2.60. The molecule has 0 aromatic carbocycles. The van der Waals surface area contributed by atoms with E-state index in [2.05, 4.69) is 44.4 Å². The first-order valence-electron chi connectivity index (χ1n) is 5.07. The van der Waals surface area contributed by atoms with Gasteiger partial charge in [-0.25, -0.2) is 9.97 Å². The minimum Gasteiger partial charge on any atom is -0.354 e. The van der Waals surface area contributed by atoms with E-state index in [-0.39, 0.29) is 5.38 Å². The van der Waals surface area contributed by atoms with E-state index in [1.54, 1.807) is 6.33 Å². The van der Waals surface area contributed by atoms with E-state index >= 15 is 0 Å². The maximum absolute atomic E-state index is 6.29. The zero-order chi connectivity index (χ0) is 10.8. The van der Waals surface area contributed by atoms with Crippen LogP contribution in [0.1, 0.15) is 13.3 Å². The molecule has 1 aromatic heterocycles. The summed E-state index contributed by atoms with van der Waals surface area (Å²) in [5.74, 6) is 1.60. The Morgan fingerprint density at radius 1 is 1.60 bits per heavy atom. The Balaban J connectivity index is 2.17. The van der Waals surface area contributed by atoms with Crippen LogP contribution in [0.2, 0.25) is 0 Å². The lowest BCUT2D eigenvalue weighted by atomic mass is 10.1. The molecule has 1 saturated heterocycles. The Labute approximate surface area is 108 Å². The van der Waals surface area contributed by atoms with Crippen molar-refractivity contribution in [2.24, 2.45) is 5.92 Å². The van der Waals surface area contributed by atoms with Gasteiger partial charge in [0.2, 0.25) is 0 Å². The molecule has 0 spiro atoms. The van der Waals surface area contributed by atoms with Crippen molar-refractivity contribution in [2.75, 3.05) is 18.0 Å². The summed E-state index contributed by atoms with van der Waals surface area (Å²) in [6.07, 6.45) is 4.57. The first kappa shape index (κ1) is 11.4. The van der Waals surface area contributed by atoms with Gasteiger partial charge >= 0.3 is 0 Å². The Bertz CT molecular complexity index is 347. The molecule has 5 heteroatoms. The molecule has 0 aliphatic carbocycles. The molecule has 0 amide bonds. The maximum atomic E-state index is 6.29. The van der Waals surface area contributed by atoms with Crippen molar-refractivity contribution in [3.63, 3.8) is 0 Å². The summed E-state index contributed by atoms with van der Waals surface area (Å²) >= 11 is 8.55. The lowest BCUT2D eigenvalue weighted by molar-refractivity contribution is 0.575. The highest BCUT2D eigenvalue weighted by Gasteiger charge is 2.31. The van der Waals surface area contributed by atoms with Crippen LogP contribution in [0.4, 0.5) is 5.82 Å². The summed E-state index contributed by atoms with van der Waals surface area (Å²) in [7, 11) is 0. The van der Waals surface area contributed by atoms with Crippen LogP contribution >= 0.6 is 34.2 Å². The smallest absolute Gasteiger partial charge is 0.145 e. The molecule has 1 fully saturated rings. The van der Waals surface area contributed by atoms with E-state index in [4.69, 9.17) is 11.6 Å². The van der Waals surface area contributed by atoms with Gasteiger partial charge in [0.15, 0.2) is 0 Å². The van der Waals surface area contributed by atoms with Gasteiger partial charge < -0.3 is 4.90 Å². The van der Waals surface area contributed by atoms with Crippen LogP contribution in [0.15, 0.2) is 12.5 Å². The van der Waals surface area contributed by atoms with E-state index in [0.29, 0.717) is 5.92 Å². The number of alkyl halides is 1. The van der Waals surface area contributed by atoms with Gasteiger partial charge in [0, 0.05) is 19.3 Å². The van der Waals surface area contributed by atoms with Crippen LogP contribution in [0, 0.1) is 9.49 Å². The third kappa shape index (κ3) is 2.36. The van der Waals surface area contributed by atoms with Crippen LogP contribution in [0.25, 0.3) is 0 Å². The number of halogens is 2. The number of anilines is 1. The van der Waals surface area contributed by atoms with Crippen molar-refractivity contribution in [1.29, 1.82) is 0 Å². The Morgan fingerprint density at radius 2 is 2.40 bits per heavy atom. The van der Waals surface area contributed by atoms with Crippen molar-refractivity contribution in [2.45, 2.75) is 18.7 Å². The largest absolute Gasteiger partial charge is 0.354 e. The fraction of sp³-hybridized carbons (Fsp3) is 0.600. The SMILES string of the molecule is CCC1CN(c2ncncc2I)CC1Cl. The molecule has 2 unspecified atom stereocenters. The van der Waals surface area contributed by atoms with Crippen molar-refractivity contribution >= 4 is 40.0 Å². The minimum atomic E-state index is 0.251. The molecule has 82 valence electrons. The zero-order valence-electron chi connectivity index (χ0n) is 8.53. The number of hydrogen-bond acceptors (Lipinski definition) is 3. The minimum absolute atomic E-state index is 0.251. The third-order valence-corrected chi connectivity index (χ3v) is 4.09. The van der Waals surface area contributed by atoms with Gasteiger partial charge in [-0.15, -0.1) is 11.6 Å². The second-order valence-electron chi connectivity index (χ2n) is 3.78. The lowest BCUT2D eigenvalue weighted by Gasteiger charge is -2.17. The van der Waals surface area contributed by atoms with Crippen LogP contribution in [0.3, 0.4) is 0 Å². The Kier molecular flexibility index (Phi) is 3.66. The summed E-state index contributed by atoms with van der Waals surface area (Å²) in [4.78, 5) is 10.6. The van der Waals surface area contributed by atoms with Crippen molar-refractivity contribution in [3.8, 4) is 0 Å². The average molecular weight is 338 g/mol. The molecular weight excluding hydrogens is 324 g/mol. The molecular formula is C10H13ClIN3. The number of hydrogen-bond donors (Lipinski definition) is 0. The van der Waals surface area contributed by atoms with Crippen molar-refractivity contribution in [3.05, 3.63) is 16.1 Å². The summed E-state index contributed by atoms with van der Waals surface area (Å²) in [6.45, 7) is 4.10. The molecule has 0 N–H and O–H groups in total. The van der Waals surface area contributed by atoms with Crippen LogP contribution in [-0.2, 0) is 0 Å². The Hall–Kier alpha value is -0.100. The topological polar surface area (TPSA) is 29.0 Å². The summed E-state index contributed by atoms with van der Waals surface area (Å²) in [5.41, 5.74) is 0. The first-order chi connectivity index (χ1) is 7.22. The molecule has 2 atom stereocenters. The second kappa shape index (κ2) is 4.82. The quantitative estimate of drug-likeness (QED) is 0.613. The summed E-state index contributed by atoms with van der Waals surface area (Å²) < 4.78 is 1.09. The fourth-order valence-electron chi connectivity index (χ4n) is 1.93. The van der Waals surface area contributed by atoms with E-state index in [1.165, 1.54) is 0 Å². The molecule has 15 heavy (non-hydrogen) atoms. The van der Waals surface area contributed by atoms with Gasteiger partial charge in [-0.3, -0.25) is 0 Å². The fourth-order valence-corrected chi connectivity index (χ4v) is 2.99. The van der Waals surface area contributed by atoms with Gasteiger partial charge in [-0.2, -0.15) is 0 Å². The highest BCUT2D eigenvalue weighted by Crippen LogP contribution is 2.29. The normalized spacial score (nSPS) is 25.9. The number of rotatable bonds is 2. The van der Waals surface area contributed by atoms with Gasteiger partial charge in [0.25, 0.3) is 0 Å². The van der Waals surface area contributed by atoms with Crippen LogP contribution in [0.5, 0.6) is 0 Å². The predicted octanol–water partition coefficient (Wildman–Crippen LogP) is 2.53. The van der Waals surface area contributed by atoms with Gasteiger partial charge in [0.05, 0.1) is 8.95 Å². The summed E-state index contributed by atoms with van der Waals surface area (Å²) in [5, 5.41) is 0.251. The van der Waals surface area contributed by atoms with Crippen LogP contribution < -0.4 is 4.90 Å². The van der Waals surface area contributed by atoms with Crippen LogP contribution in [-0.4, -0.2) is 28.4 Å². The van der Waals surface area contributed by atoms with E-state index in [9.17, 15) is 0 Å². The number of aromatic nitrogens is 2. The molecule has 1 aliphatic heterocycles. The van der Waals surface area contributed by atoms with Crippen molar-refractivity contribution < 1.29 is 0 Å². The van der Waals surface area contributed by atoms with E-state index < -0.39 is 0 Å².